The number of aryl methyl sites for hydroxylation is 1. The van der Waals surface area contributed by atoms with E-state index in [1.807, 2.05) is 7.05 Å². The predicted molar refractivity (Wildman–Crippen MR) is 68.4 cm³/mol. The van der Waals surface area contributed by atoms with E-state index in [0.717, 1.165) is 19.4 Å². The maximum atomic E-state index is 11.8. The minimum atomic E-state index is -0.0697. The van der Waals surface area contributed by atoms with Crippen LogP contribution in [0.4, 0.5) is 0 Å². The Bertz CT molecular complexity index is 379. The third kappa shape index (κ3) is 3.71. The molecule has 1 aromatic rings. The number of hydrogen-bond acceptors (Lipinski definition) is 3. The highest BCUT2D eigenvalue weighted by Crippen LogP contribution is 2.08. The number of nitrogens with zero attached hydrogens (tertiary/aromatic N) is 2. The zero-order valence-electron chi connectivity index (χ0n) is 10.1. The van der Waals surface area contributed by atoms with Gasteiger partial charge in [-0.25, -0.2) is 4.98 Å². The van der Waals surface area contributed by atoms with Gasteiger partial charge in [0.05, 0.1) is 6.33 Å². The van der Waals surface area contributed by atoms with Crippen molar-refractivity contribution in [1.82, 2.24) is 20.2 Å². The summed E-state index contributed by atoms with van der Waals surface area (Å²) in [4.78, 5) is 15.9. The van der Waals surface area contributed by atoms with Crippen LogP contribution in [0.15, 0.2) is 12.5 Å². The average molecular weight is 259 g/mol. The van der Waals surface area contributed by atoms with Crippen molar-refractivity contribution in [3.63, 3.8) is 0 Å². The summed E-state index contributed by atoms with van der Waals surface area (Å²) in [5, 5.41) is 6.38. The number of carbonyl (C=O) groups is 1. The van der Waals surface area contributed by atoms with E-state index in [0.29, 0.717) is 11.7 Å². The lowest BCUT2D eigenvalue weighted by Crippen LogP contribution is -2.46. The van der Waals surface area contributed by atoms with Gasteiger partial charge < -0.3 is 15.2 Å². The van der Waals surface area contributed by atoms with Crippen LogP contribution in [0, 0.1) is 0 Å². The molecule has 1 aromatic heterocycles. The number of aromatic nitrogens is 2. The first kappa shape index (κ1) is 14.0. The minimum Gasteiger partial charge on any atom is -0.348 e. The fourth-order valence-electron chi connectivity index (χ4n) is 2.05. The monoisotopic (exact) mass is 258 g/mol. The molecule has 2 unspecified atom stereocenters. The number of hydrogen-bond donors (Lipinski definition) is 2. The number of nitrogens with one attached hydrogen (secondary N) is 2. The van der Waals surface area contributed by atoms with Crippen molar-refractivity contribution in [1.29, 1.82) is 0 Å². The van der Waals surface area contributed by atoms with Gasteiger partial charge in [0.25, 0.3) is 5.91 Å². The van der Waals surface area contributed by atoms with Gasteiger partial charge in [-0.2, -0.15) is 0 Å². The highest BCUT2D eigenvalue weighted by Gasteiger charge is 2.21. The lowest BCUT2D eigenvalue weighted by Gasteiger charge is -2.28. The van der Waals surface area contributed by atoms with Crippen molar-refractivity contribution >= 4 is 18.3 Å². The van der Waals surface area contributed by atoms with Crippen molar-refractivity contribution in [2.24, 2.45) is 7.05 Å². The van der Waals surface area contributed by atoms with Crippen LogP contribution in [0.5, 0.6) is 0 Å². The number of halogens is 1. The third-order valence-electron chi connectivity index (χ3n) is 2.90. The molecule has 0 saturated carbocycles. The van der Waals surface area contributed by atoms with Gasteiger partial charge in [0.1, 0.15) is 5.69 Å². The number of piperidine rings is 1. The lowest BCUT2D eigenvalue weighted by molar-refractivity contribution is 0.0921. The van der Waals surface area contributed by atoms with Crippen molar-refractivity contribution in [2.45, 2.75) is 31.8 Å². The Morgan fingerprint density at radius 3 is 3.00 bits per heavy atom. The van der Waals surface area contributed by atoms with Gasteiger partial charge in [-0.1, -0.05) is 0 Å². The van der Waals surface area contributed by atoms with E-state index in [9.17, 15) is 4.79 Å². The van der Waals surface area contributed by atoms with E-state index in [4.69, 9.17) is 0 Å². The first-order chi connectivity index (χ1) is 7.65. The molecule has 0 aromatic carbocycles. The second-order valence-electron chi connectivity index (χ2n) is 4.47. The highest BCUT2D eigenvalue weighted by molar-refractivity contribution is 5.92. The van der Waals surface area contributed by atoms with E-state index in [2.05, 4.69) is 22.5 Å². The Balaban J connectivity index is 0.00000144. The van der Waals surface area contributed by atoms with E-state index < -0.39 is 0 Å². The molecule has 0 radical (unpaired) electrons. The largest absolute Gasteiger partial charge is 0.348 e. The molecule has 2 N–H and O–H groups in total. The van der Waals surface area contributed by atoms with Gasteiger partial charge in [-0.05, 0) is 26.3 Å². The van der Waals surface area contributed by atoms with Crippen LogP contribution in [0.3, 0.4) is 0 Å². The number of carbonyl (C=O) groups excluding carboxylic acids is 1. The van der Waals surface area contributed by atoms with E-state index in [-0.39, 0.29) is 24.4 Å². The summed E-state index contributed by atoms with van der Waals surface area (Å²) in [6, 6.07) is 0.744. The Morgan fingerprint density at radius 1 is 1.65 bits per heavy atom. The summed E-state index contributed by atoms with van der Waals surface area (Å²) in [6.45, 7) is 3.10. The Morgan fingerprint density at radius 2 is 2.41 bits per heavy atom. The quantitative estimate of drug-likeness (QED) is 0.822. The molecule has 1 saturated heterocycles. The van der Waals surface area contributed by atoms with E-state index in [1.54, 1.807) is 17.1 Å². The Labute approximate surface area is 107 Å². The molecule has 2 rings (SSSR count). The molecule has 17 heavy (non-hydrogen) atoms. The summed E-state index contributed by atoms with van der Waals surface area (Å²) >= 11 is 0. The fourth-order valence-corrected chi connectivity index (χ4v) is 2.05. The summed E-state index contributed by atoms with van der Waals surface area (Å²) in [7, 11) is 1.86. The number of imidazole rings is 1. The van der Waals surface area contributed by atoms with Gasteiger partial charge in [-0.15, -0.1) is 12.4 Å². The minimum absolute atomic E-state index is 0. The first-order valence-electron chi connectivity index (χ1n) is 5.67. The molecule has 2 atom stereocenters. The average Bonchev–Trinajstić information content (AvgIpc) is 2.65. The van der Waals surface area contributed by atoms with Crippen molar-refractivity contribution in [3.05, 3.63) is 18.2 Å². The van der Waals surface area contributed by atoms with Crippen LogP contribution in [0.1, 0.15) is 30.3 Å². The molecule has 0 spiro atoms. The third-order valence-corrected chi connectivity index (χ3v) is 2.90. The molecule has 1 fully saturated rings. The topological polar surface area (TPSA) is 59.0 Å². The molecule has 6 heteroatoms. The molecule has 0 aliphatic carbocycles. The van der Waals surface area contributed by atoms with Crippen LogP contribution < -0.4 is 10.6 Å². The Kier molecular flexibility index (Phi) is 4.96. The smallest absolute Gasteiger partial charge is 0.271 e. The molecule has 0 bridgehead atoms. The summed E-state index contributed by atoms with van der Waals surface area (Å²) in [6.07, 6.45) is 5.35. The molecule has 1 aliphatic rings. The lowest BCUT2D eigenvalue weighted by atomic mass is 10.0. The van der Waals surface area contributed by atoms with Crippen LogP contribution in [-0.2, 0) is 7.05 Å². The van der Waals surface area contributed by atoms with Gasteiger partial charge in [-0.3, -0.25) is 4.79 Å². The maximum absolute atomic E-state index is 11.8. The van der Waals surface area contributed by atoms with Crippen molar-refractivity contribution in [3.8, 4) is 0 Å². The second kappa shape index (κ2) is 6.02. The molecule has 1 aliphatic heterocycles. The highest BCUT2D eigenvalue weighted by atomic mass is 35.5. The number of amides is 1. The van der Waals surface area contributed by atoms with Crippen LogP contribution in [0.2, 0.25) is 0 Å². The summed E-state index contributed by atoms with van der Waals surface area (Å²) in [5.41, 5.74) is 0.494. The maximum Gasteiger partial charge on any atom is 0.271 e. The molecule has 1 amide bonds. The van der Waals surface area contributed by atoms with Crippen molar-refractivity contribution in [2.75, 3.05) is 6.54 Å². The second-order valence-corrected chi connectivity index (χ2v) is 4.47. The molecule has 96 valence electrons. The normalized spacial score (nSPS) is 23.9. The van der Waals surface area contributed by atoms with Gasteiger partial charge in [0.15, 0.2) is 0 Å². The fraction of sp³-hybridized carbons (Fsp3) is 0.636. The van der Waals surface area contributed by atoms with Crippen LogP contribution in [-0.4, -0.2) is 34.1 Å². The predicted octanol–water partition coefficient (Wildman–Crippen LogP) is 0.712. The van der Waals surface area contributed by atoms with Crippen LogP contribution in [0.25, 0.3) is 0 Å². The standard InChI is InChI=1S/C11H18N4O.ClH/c1-8-5-9(3-4-12-8)14-11(16)10-6-15(2)7-13-10;/h6-9,12H,3-5H2,1-2H3,(H,14,16);1H. The summed E-state index contributed by atoms with van der Waals surface area (Å²) in [5.74, 6) is -0.0697. The van der Waals surface area contributed by atoms with Crippen LogP contribution >= 0.6 is 12.4 Å². The van der Waals surface area contributed by atoms with Gasteiger partial charge >= 0.3 is 0 Å². The molecule has 5 nitrogen and oxygen atoms in total. The Hall–Kier alpha value is -1.07. The molecular formula is C11H19ClN4O. The van der Waals surface area contributed by atoms with E-state index in [1.165, 1.54) is 0 Å². The van der Waals surface area contributed by atoms with Gasteiger partial charge in [0, 0.05) is 25.3 Å². The molecular weight excluding hydrogens is 240 g/mol. The van der Waals surface area contributed by atoms with Gasteiger partial charge in [0.2, 0.25) is 0 Å². The molecule has 2 heterocycles. The number of rotatable bonds is 2. The zero-order valence-corrected chi connectivity index (χ0v) is 11.0. The first-order valence-corrected chi connectivity index (χ1v) is 5.67. The SMILES string of the molecule is CC1CC(NC(=O)c2cn(C)cn2)CCN1.Cl. The van der Waals surface area contributed by atoms with Crippen molar-refractivity contribution < 1.29 is 4.79 Å². The zero-order chi connectivity index (χ0) is 11.5. The van der Waals surface area contributed by atoms with E-state index >= 15 is 0 Å². The summed E-state index contributed by atoms with van der Waals surface area (Å²) < 4.78 is 1.78.